The van der Waals surface area contributed by atoms with Crippen molar-refractivity contribution in [3.8, 4) is 5.88 Å². The third-order valence-electron chi connectivity index (χ3n) is 3.06. The van der Waals surface area contributed by atoms with Gasteiger partial charge in [-0.3, -0.25) is 0 Å². The number of ether oxygens (including phenoxy) is 1. The summed E-state index contributed by atoms with van der Waals surface area (Å²) < 4.78 is 6.67. The van der Waals surface area contributed by atoms with Crippen molar-refractivity contribution in [2.45, 2.75) is 25.3 Å². The molecule has 0 saturated carbocycles. The van der Waals surface area contributed by atoms with Crippen molar-refractivity contribution < 1.29 is 4.74 Å². The Kier molecular flexibility index (Phi) is 4.18. The van der Waals surface area contributed by atoms with E-state index in [1.54, 1.807) is 6.20 Å². The van der Waals surface area contributed by atoms with Crippen LogP contribution >= 0.6 is 15.9 Å². The van der Waals surface area contributed by atoms with Crippen molar-refractivity contribution in [1.29, 1.82) is 0 Å². The van der Waals surface area contributed by atoms with Crippen LogP contribution in [0, 0.1) is 0 Å². The zero-order valence-corrected chi connectivity index (χ0v) is 11.1. The van der Waals surface area contributed by atoms with Crippen LogP contribution < -0.4 is 4.74 Å². The average molecular weight is 285 g/mol. The minimum absolute atomic E-state index is 0.530. The third kappa shape index (κ3) is 2.95. The third-order valence-corrected chi connectivity index (χ3v) is 3.66. The summed E-state index contributed by atoms with van der Waals surface area (Å²) in [5, 5.41) is 0. The predicted molar refractivity (Wildman–Crippen MR) is 67.7 cm³/mol. The van der Waals surface area contributed by atoms with Gasteiger partial charge in [0.15, 0.2) is 0 Å². The van der Waals surface area contributed by atoms with Crippen molar-refractivity contribution in [3.63, 3.8) is 0 Å². The van der Waals surface area contributed by atoms with Gasteiger partial charge in [0.1, 0.15) is 6.61 Å². The van der Waals surface area contributed by atoms with Gasteiger partial charge < -0.3 is 9.64 Å². The number of piperidine rings is 1. The molecule has 0 aliphatic carbocycles. The second kappa shape index (κ2) is 5.64. The zero-order valence-electron chi connectivity index (χ0n) is 9.53. The quantitative estimate of drug-likeness (QED) is 0.854. The second-order valence-corrected chi connectivity index (χ2v) is 5.09. The average Bonchev–Trinajstić information content (AvgIpc) is 2.30. The molecule has 1 saturated heterocycles. The minimum atomic E-state index is 0.530. The molecule has 1 fully saturated rings. The second-order valence-electron chi connectivity index (χ2n) is 4.23. The van der Waals surface area contributed by atoms with Crippen LogP contribution in [-0.4, -0.2) is 36.1 Å². The molecule has 2 rings (SSSR count). The number of aromatic nitrogens is 1. The highest BCUT2D eigenvalue weighted by Gasteiger charge is 2.19. The van der Waals surface area contributed by atoms with E-state index in [4.69, 9.17) is 4.74 Å². The molecule has 1 aromatic heterocycles. The Morgan fingerprint density at radius 3 is 3.19 bits per heavy atom. The maximum atomic E-state index is 5.75. The van der Waals surface area contributed by atoms with E-state index in [9.17, 15) is 0 Å². The molecular weight excluding hydrogens is 268 g/mol. The molecule has 1 aliphatic heterocycles. The van der Waals surface area contributed by atoms with Gasteiger partial charge in [0.2, 0.25) is 5.88 Å². The normalized spacial score (nSPS) is 22.0. The van der Waals surface area contributed by atoms with Crippen molar-refractivity contribution in [3.05, 3.63) is 22.8 Å². The first kappa shape index (κ1) is 11.9. The summed E-state index contributed by atoms with van der Waals surface area (Å²) in [6.45, 7) is 1.91. The fourth-order valence-corrected chi connectivity index (χ4v) is 2.38. The van der Waals surface area contributed by atoms with Crippen LogP contribution in [-0.2, 0) is 0 Å². The summed E-state index contributed by atoms with van der Waals surface area (Å²) in [5.41, 5.74) is 0. The molecule has 1 aliphatic rings. The number of likely N-dealkylation sites (tertiary alicyclic amines) is 1. The van der Waals surface area contributed by atoms with Crippen LogP contribution in [0.1, 0.15) is 19.3 Å². The van der Waals surface area contributed by atoms with E-state index in [2.05, 4.69) is 32.9 Å². The Labute approximate surface area is 105 Å². The van der Waals surface area contributed by atoms with Gasteiger partial charge in [0.25, 0.3) is 0 Å². The number of halogens is 1. The Morgan fingerprint density at radius 2 is 2.44 bits per heavy atom. The summed E-state index contributed by atoms with van der Waals surface area (Å²) in [5.74, 6) is 0.696. The molecule has 1 aromatic rings. The maximum Gasteiger partial charge on any atom is 0.227 e. The number of hydrogen-bond acceptors (Lipinski definition) is 3. The number of hydrogen-bond donors (Lipinski definition) is 0. The lowest BCUT2D eigenvalue weighted by Crippen LogP contribution is -2.40. The van der Waals surface area contributed by atoms with E-state index in [1.165, 1.54) is 25.8 Å². The van der Waals surface area contributed by atoms with E-state index in [-0.39, 0.29) is 0 Å². The summed E-state index contributed by atoms with van der Waals surface area (Å²) in [4.78, 5) is 6.58. The molecular formula is C12H17BrN2O. The van der Waals surface area contributed by atoms with Crippen LogP contribution in [0.2, 0.25) is 0 Å². The van der Waals surface area contributed by atoms with Crippen LogP contribution in [0.25, 0.3) is 0 Å². The highest BCUT2D eigenvalue weighted by Crippen LogP contribution is 2.22. The van der Waals surface area contributed by atoms with E-state index in [0.717, 1.165) is 11.1 Å². The molecule has 0 N–H and O–H groups in total. The smallest absolute Gasteiger partial charge is 0.227 e. The monoisotopic (exact) mass is 284 g/mol. The molecule has 1 atom stereocenters. The van der Waals surface area contributed by atoms with Crippen molar-refractivity contribution in [1.82, 2.24) is 9.88 Å². The fourth-order valence-electron chi connectivity index (χ4n) is 2.01. The number of rotatable bonds is 3. The topological polar surface area (TPSA) is 25.4 Å². The zero-order chi connectivity index (χ0) is 11.4. The largest absolute Gasteiger partial charge is 0.475 e. The van der Waals surface area contributed by atoms with Gasteiger partial charge in [-0.2, -0.15) is 0 Å². The summed E-state index contributed by atoms with van der Waals surface area (Å²) in [6, 6.07) is 4.37. The molecule has 2 heterocycles. The first-order valence-corrected chi connectivity index (χ1v) is 6.50. The molecule has 0 radical (unpaired) electrons. The van der Waals surface area contributed by atoms with E-state index >= 15 is 0 Å². The summed E-state index contributed by atoms with van der Waals surface area (Å²) >= 11 is 3.44. The van der Waals surface area contributed by atoms with Crippen molar-refractivity contribution in [2.24, 2.45) is 0 Å². The Hall–Kier alpha value is -0.610. The number of likely N-dealkylation sites (N-methyl/N-ethyl adjacent to an activating group) is 1. The van der Waals surface area contributed by atoms with Gasteiger partial charge in [0, 0.05) is 12.2 Å². The minimum Gasteiger partial charge on any atom is -0.475 e. The van der Waals surface area contributed by atoms with Crippen LogP contribution in [0.3, 0.4) is 0 Å². The van der Waals surface area contributed by atoms with Gasteiger partial charge in [0.05, 0.1) is 4.47 Å². The lowest BCUT2D eigenvalue weighted by atomic mass is 10.0. The highest BCUT2D eigenvalue weighted by atomic mass is 79.9. The standard InChI is InChI=1S/C12H17BrN2O/c1-15-8-3-2-5-10(15)9-16-12-11(13)6-4-7-14-12/h4,6-7,10H,2-3,5,8-9H2,1H3. The number of pyridine rings is 1. The van der Waals surface area contributed by atoms with E-state index in [1.807, 2.05) is 12.1 Å². The first-order chi connectivity index (χ1) is 7.77. The Balaban J connectivity index is 1.89. The predicted octanol–water partition coefficient (Wildman–Crippen LogP) is 2.71. The summed E-state index contributed by atoms with van der Waals surface area (Å²) in [6.07, 6.45) is 5.59. The maximum absolute atomic E-state index is 5.75. The molecule has 16 heavy (non-hydrogen) atoms. The summed E-state index contributed by atoms with van der Waals surface area (Å²) in [7, 11) is 2.17. The molecule has 4 heteroatoms. The van der Waals surface area contributed by atoms with Crippen LogP contribution in [0.4, 0.5) is 0 Å². The van der Waals surface area contributed by atoms with Crippen LogP contribution in [0.15, 0.2) is 22.8 Å². The van der Waals surface area contributed by atoms with Gasteiger partial charge in [-0.05, 0) is 54.5 Å². The molecule has 88 valence electrons. The Morgan fingerprint density at radius 1 is 1.56 bits per heavy atom. The van der Waals surface area contributed by atoms with Crippen molar-refractivity contribution in [2.75, 3.05) is 20.2 Å². The number of nitrogens with zero attached hydrogens (tertiary/aromatic N) is 2. The van der Waals surface area contributed by atoms with Gasteiger partial charge in [-0.1, -0.05) is 6.42 Å². The molecule has 0 bridgehead atoms. The lowest BCUT2D eigenvalue weighted by molar-refractivity contribution is 0.122. The highest BCUT2D eigenvalue weighted by molar-refractivity contribution is 9.10. The first-order valence-electron chi connectivity index (χ1n) is 5.71. The molecule has 0 amide bonds. The van der Waals surface area contributed by atoms with E-state index in [0.29, 0.717) is 11.9 Å². The van der Waals surface area contributed by atoms with Gasteiger partial charge in [-0.15, -0.1) is 0 Å². The Bertz CT molecular complexity index is 346. The molecule has 3 nitrogen and oxygen atoms in total. The molecule has 0 spiro atoms. The van der Waals surface area contributed by atoms with Crippen molar-refractivity contribution >= 4 is 15.9 Å². The fraction of sp³-hybridized carbons (Fsp3) is 0.583. The SMILES string of the molecule is CN1CCCCC1COc1ncccc1Br. The van der Waals surface area contributed by atoms with E-state index < -0.39 is 0 Å². The van der Waals surface area contributed by atoms with Crippen LogP contribution in [0.5, 0.6) is 5.88 Å². The van der Waals surface area contributed by atoms with Gasteiger partial charge >= 0.3 is 0 Å². The molecule has 0 aromatic carbocycles. The van der Waals surface area contributed by atoms with Gasteiger partial charge in [-0.25, -0.2) is 4.98 Å². The lowest BCUT2D eigenvalue weighted by Gasteiger charge is -2.32. The molecule has 1 unspecified atom stereocenters.